The van der Waals surface area contributed by atoms with E-state index in [4.69, 9.17) is 4.74 Å². The number of fused-ring (bicyclic) bond motifs is 1. The molecule has 1 aromatic carbocycles. The molecule has 0 aliphatic heterocycles. The van der Waals surface area contributed by atoms with Crippen LogP contribution in [0, 0.1) is 5.82 Å². The molecule has 4 nitrogen and oxygen atoms in total. The number of amides is 1. The third kappa shape index (κ3) is 3.59. The van der Waals surface area contributed by atoms with Crippen LogP contribution in [0.25, 0.3) is 0 Å². The molecule has 0 saturated carbocycles. The Kier molecular flexibility index (Phi) is 4.43. The summed E-state index contributed by atoms with van der Waals surface area (Å²) in [5, 5.41) is 2.53. The van der Waals surface area contributed by atoms with Gasteiger partial charge in [0, 0.05) is 10.6 Å². The monoisotopic (exact) mass is 333 g/mol. The summed E-state index contributed by atoms with van der Waals surface area (Å²) in [6.07, 6.45) is 2.17. The Labute approximate surface area is 137 Å². The minimum absolute atomic E-state index is 0.327. The van der Waals surface area contributed by atoms with E-state index in [2.05, 4.69) is 5.32 Å². The van der Waals surface area contributed by atoms with E-state index in [0.29, 0.717) is 10.6 Å². The van der Waals surface area contributed by atoms with Gasteiger partial charge < -0.3 is 10.1 Å². The molecule has 0 radical (unpaired) electrons. The summed E-state index contributed by atoms with van der Waals surface area (Å²) in [5.74, 6) is -1.43. The van der Waals surface area contributed by atoms with Crippen molar-refractivity contribution in [1.82, 2.24) is 0 Å². The number of aryl methyl sites for hydroxylation is 2. The van der Waals surface area contributed by atoms with Crippen molar-refractivity contribution in [3.63, 3.8) is 0 Å². The van der Waals surface area contributed by atoms with Crippen LogP contribution in [-0.4, -0.2) is 18.0 Å². The highest BCUT2D eigenvalue weighted by molar-refractivity contribution is 7.14. The maximum Gasteiger partial charge on any atom is 0.349 e. The summed E-state index contributed by atoms with van der Waals surface area (Å²) >= 11 is 1.43. The van der Waals surface area contributed by atoms with E-state index in [1.165, 1.54) is 46.9 Å². The quantitative estimate of drug-likeness (QED) is 0.871. The van der Waals surface area contributed by atoms with Crippen molar-refractivity contribution in [2.75, 3.05) is 5.32 Å². The van der Waals surface area contributed by atoms with Crippen LogP contribution in [0.5, 0.6) is 0 Å². The van der Waals surface area contributed by atoms with Crippen molar-refractivity contribution in [2.24, 2.45) is 0 Å². The smallest absolute Gasteiger partial charge is 0.349 e. The molecule has 0 unspecified atom stereocenters. The molecule has 1 N–H and O–H groups in total. The second-order valence-electron chi connectivity index (χ2n) is 5.46. The van der Waals surface area contributed by atoms with Crippen LogP contribution in [0.4, 0.5) is 10.1 Å². The summed E-state index contributed by atoms with van der Waals surface area (Å²) in [7, 11) is 0. The van der Waals surface area contributed by atoms with Gasteiger partial charge in [0.2, 0.25) is 0 Å². The first-order valence-corrected chi connectivity index (χ1v) is 8.23. The lowest BCUT2D eigenvalue weighted by atomic mass is 10.2. The normalized spacial score (nSPS) is 14.2. The van der Waals surface area contributed by atoms with Crippen LogP contribution in [0.3, 0.4) is 0 Å². The summed E-state index contributed by atoms with van der Waals surface area (Å²) in [6.45, 7) is 1.49. The molecule has 6 heteroatoms. The van der Waals surface area contributed by atoms with Crippen molar-refractivity contribution in [2.45, 2.75) is 32.3 Å². The predicted molar refractivity (Wildman–Crippen MR) is 86.3 cm³/mol. The molecule has 0 saturated heterocycles. The van der Waals surface area contributed by atoms with E-state index in [-0.39, 0.29) is 0 Å². The van der Waals surface area contributed by atoms with Crippen molar-refractivity contribution < 1.29 is 18.7 Å². The van der Waals surface area contributed by atoms with Gasteiger partial charge in [-0.1, -0.05) is 6.07 Å². The molecule has 120 valence electrons. The number of carbonyl (C=O) groups excluding carboxylic acids is 2. The Balaban J connectivity index is 1.60. The lowest BCUT2D eigenvalue weighted by Crippen LogP contribution is -2.29. The Morgan fingerprint density at radius 2 is 2.13 bits per heavy atom. The number of nitrogens with one attached hydrogen (secondary N) is 1. The summed E-state index contributed by atoms with van der Waals surface area (Å²) in [5.41, 5.74) is 1.53. The van der Waals surface area contributed by atoms with Gasteiger partial charge >= 0.3 is 5.97 Å². The molecule has 2 aromatic rings. The second-order valence-corrected chi connectivity index (χ2v) is 6.60. The summed E-state index contributed by atoms with van der Waals surface area (Å²) in [4.78, 5) is 25.9. The average Bonchev–Trinajstić information content (AvgIpc) is 3.08. The number of ether oxygens (including phenoxy) is 1. The van der Waals surface area contributed by atoms with Crippen LogP contribution in [-0.2, 0) is 22.4 Å². The fraction of sp³-hybridized carbons (Fsp3) is 0.294. The zero-order chi connectivity index (χ0) is 16.4. The van der Waals surface area contributed by atoms with E-state index < -0.39 is 23.8 Å². The van der Waals surface area contributed by atoms with E-state index in [0.717, 1.165) is 19.3 Å². The zero-order valence-electron chi connectivity index (χ0n) is 12.6. The summed E-state index contributed by atoms with van der Waals surface area (Å²) in [6, 6.07) is 7.41. The molecular weight excluding hydrogens is 317 g/mol. The Hall–Kier alpha value is -2.21. The third-order valence-corrected chi connectivity index (χ3v) is 4.91. The minimum Gasteiger partial charge on any atom is -0.448 e. The molecule has 0 spiro atoms. The number of anilines is 1. The Morgan fingerprint density at radius 3 is 2.87 bits per heavy atom. The fourth-order valence-electron chi connectivity index (χ4n) is 2.51. The van der Waals surface area contributed by atoms with Gasteiger partial charge in [-0.05, 0) is 56.0 Å². The molecule has 3 rings (SSSR count). The number of halogens is 1. The van der Waals surface area contributed by atoms with Crippen LogP contribution in [0.15, 0.2) is 30.3 Å². The minimum atomic E-state index is -0.956. The van der Waals surface area contributed by atoms with E-state index >= 15 is 0 Å². The molecule has 1 amide bonds. The number of benzene rings is 1. The van der Waals surface area contributed by atoms with E-state index in [1.807, 2.05) is 6.07 Å². The van der Waals surface area contributed by atoms with Crippen LogP contribution < -0.4 is 5.32 Å². The van der Waals surface area contributed by atoms with Crippen LogP contribution in [0.1, 0.15) is 33.5 Å². The lowest BCUT2D eigenvalue weighted by molar-refractivity contribution is -0.123. The first-order valence-electron chi connectivity index (χ1n) is 7.42. The molecule has 23 heavy (non-hydrogen) atoms. The third-order valence-electron chi connectivity index (χ3n) is 3.69. The molecule has 1 aliphatic rings. The number of thiophene rings is 1. The fourth-order valence-corrected chi connectivity index (χ4v) is 3.65. The second kappa shape index (κ2) is 6.50. The van der Waals surface area contributed by atoms with Crippen LogP contribution >= 0.6 is 11.3 Å². The predicted octanol–water partition coefficient (Wildman–Crippen LogP) is 3.56. The van der Waals surface area contributed by atoms with Crippen molar-refractivity contribution in [3.8, 4) is 0 Å². The molecule has 1 heterocycles. The number of hydrogen-bond donors (Lipinski definition) is 1. The number of esters is 1. The molecule has 1 aromatic heterocycles. The molecule has 0 fully saturated rings. The van der Waals surface area contributed by atoms with Gasteiger partial charge in [0.05, 0.1) is 0 Å². The molecule has 1 aliphatic carbocycles. The largest absolute Gasteiger partial charge is 0.448 e. The van der Waals surface area contributed by atoms with Gasteiger partial charge in [0.25, 0.3) is 5.91 Å². The SMILES string of the molecule is C[C@@H](OC(=O)c1cc2c(s1)CCC2)C(=O)Nc1cccc(F)c1. The zero-order valence-corrected chi connectivity index (χ0v) is 13.4. The van der Waals surface area contributed by atoms with Gasteiger partial charge in [0.1, 0.15) is 10.7 Å². The van der Waals surface area contributed by atoms with Crippen molar-refractivity contribution in [3.05, 3.63) is 51.5 Å². The van der Waals surface area contributed by atoms with Crippen molar-refractivity contribution >= 4 is 28.9 Å². The van der Waals surface area contributed by atoms with E-state index in [9.17, 15) is 14.0 Å². The number of hydrogen-bond acceptors (Lipinski definition) is 4. The van der Waals surface area contributed by atoms with Gasteiger partial charge in [-0.25, -0.2) is 9.18 Å². The number of rotatable bonds is 4. The number of carbonyl (C=O) groups is 2. The maximum atomic E-state index is 13.1. The first kappa shape index (κ1) is 15.7. The lowest BCUT2D eigenvalue weighted by Gasteiger charge is -2.13. The van der Waals surface area contributed by atoms with Crippen molar-refractivity contribution in [1.29, 1.82) is 0 Å². The highest BCUT2D eigenvalue weighted by Crippen LogP contribution is 2.31. The maximum absolute atomic E-state index is 13.1. The molecule has 1 atom stereocenters. The van der Waals surface area contributed by atoms with Crippen LogP contribution in [0.2, 0.25) is 0 Å². The van der Waals surface area contributed by atoms with Gasteiger partial charge in [0.15, 0.2) is 6.10 Å². The summed E-state index contributed by atoms with van der Waals surface area (Å²) < 4.78 is 18.3. The standard InChI is InChI=1S/C17H16FNO3S/c1-10(16(20)19-13-6-3-5-12(18)9-13)22-17(21)15-8-11-4-2-7-14(11)23-15/h3,5-6,8-10H,2,4,7H2,1H3,(H,19,20)/t10-/m1/s1. The Morgan fingerprint density at radius 1 is 1.30 bits per heavy atom. The van der Waals surface area contributed by atoms with E-state index in [1.54, 1.807) is 6.07 Å². The van der Waals surface area contributed by atoms with Gasteiger partial charge in [-0.2, -0.15) is 0 Å². The van der Waals surface area contributed by atoms with Gasteiger partial charge in [-0.3, -0.25) is 4.79 Å². The molecular formula is C17H16FNO3S. The van der Waals surface area contributed by atoms with Gasteiger partial charge in [-0.15, -0.1) is 11.3 Å². The first-order chi connectivity index (χ1) is 11.0. The molecule has 0 bridgehead atoms. The highest BCUT2D eigenvalue weighted by atomic mass is 32.1. The average molecular weight is 333 g/mol. The topological polar surface area (TPSA) is 55.4 Å². The Bertz CT molecular complexity index is 735. The highest BCUT2D eigenvalue weighted by Gasteiger charge is 2.23.